The van der Waals surface area contributed by atoms with Crippen LogP contribution in [-0.2, 0) is 30.5 Å². The second-order valence-corrected chi connectivity index (χ2v) is 9.27. The number of benzene rings is 1. The molecule has 10 heteroatoms. The van der Waals surface area contributed by atoms with E-state index >= 15 is 0 Å². The number of rotatable bonds is 6. The molecule has 2 aromatic rings. The van der Waals surface area contributed by atoms with Crippen LogP contribution in [0.5, 0.6) is 0 Å². The summed E-state index contributed by atoms with van der Waals surface area (Å²) in [4.78, 5) is 26.5. The van der Waals surface area contributed by atoms with E-state index in [-0.39, 0.29) is 17.4 Å². The summed E-state index contributed by atoms with van der Waals surface area (Å²) in [5, 5.41) is 2.49. The van der Waals surface area contributed by atoms with Gasteiger partial charge < -0.3 is 9.64 Å². The van der Waals surface area contributed by atoms with Crippen LogP contribution < -0.4 is 0 Å². The summed E-state index contributed by atoms with van der Waals surface area (Å²) in [6.45, 7) is 0.346. The summed E-state index contributed by atoms with van der Waals surface area (Å²) < 4.78 is 35.2. The normalized spacial score (nSPS) is 21.8. The molecule has 2 amide bonds. The first-order chi connectivity index (χ1) is 13.5. The second kappa shape index (κ2) is 7.53. The van der Waals surface area contributed by atoms with Gasteiger partial charge in [-0.25, -0.2) is 9.59 Å². The Morgan fingerprint density at radius 3 is 2.64 bits per heavy atom. The smallest absolute Gasteiger partial charge is 0.346 e. The van der Waals surface area contributed by atoms with Crippen LogP contribution in [0.1, 0.15) is 18.4 Å². The number of thiophene rings is 1. The fraction of sp³-hybridized carbons (Fsp3) is 0.333. The lowest BCUT2D eigenvalue weighted by molar-refractivity contribution is -0.151. The molecular formula is C18H18N2O6S2. The molecule has 3 heterocycles. The second-order valence-electron chi connectivity index (χ2n) is 6.56. The van der Waals surface area contributed by atoms with Crippen LogP contribution in [0.2, 0.25) is 0 Å². The number of urea groups is 1. The van der Waals surface area contributed by atoms with E-state index in [0.29, 0.717) is 12.8 Å². The number of hydrogen-bond acceptors (Lipinski definition) is 7. The van der Waals surface area contributed by atoms with E-state index in [9.17, 15) is 18.0 Å². The maximum absolute atomic E-state index is 12.7. The number of ether oxygens (including phenoxy) is 1. The largest absolute Gasteiger partial charge is 0.459 e. The van der Waals surface area contributed by atoms with E-state index < -0.39 is 34.2 Å². The Morgan fingerprint density at radius 2 is 1.93 bits per heavy atom. The van der Waals surface area contributed by atoms with Gasteiger partial charge in [0.1, 0.15) is 16.9 Å². The van der Waals surface area contributed by atoms with Crippen LogP contribution in [0.25, 0.3) is 0 Å². The zero-order valence-corrected chi connectivity index (χ0v) is 16.4. The average molecular weight is 422 g/mol. The number of hydrogen-bond donors (Lipinski definition) is 0. The molecule has 2 atom stereocenters. The number of carbonyl (C=O) groups is 2. The molecule has 2 aliphatic rings. The zero-order chi connectivity index (χ0) is 19.7. The van der Waals surface area contributed by atoms with E-state index in [0.717, 1.165) is 22.0 Å². The first-order valence-corrected chi connectivity index (χ1v) is 11.0. The number of nitrogens with zero attached hydrogens (tertiary/aromatic N) is 2. The van der Waals surface area contributed by atoms with Gasteiger partial charge in [-0.3, -0.25) is 0 Å². The lowest BCUT2D eigenvalue weighted by Gasteiger charge is -2.28. The summed E-state index contributed by atoms with van der Waals surface area (Å²) in [6, 6.07) is 10.5. The molecule has 8 nitrogen and oxygen atoms in total. The highest BCUT2D eigenvalue weighted by molar-refractivity contribution is 7.88. The molecule has 4 rings (SSSR count). The van der Waals surface area contributed by atoms with Gasteiger partial charge in [-0.15, -0.1) is 15.6 Å². The van der Waals surface area contributed by atoms with Gasteiger partial charge in [-0.1, -0.05) is 36.4 Å². The van der Waals surface area contributed by atoms with Gasteiger partial charge in [-0.05, 0) is 29.9 Å². The summed E-state index contributed by atoms with van der Waals surface area (Å²) in [5.74, 6) is -0.501. The highest BCUT2D eigenvalue weighted by Gasteiger charge is 2.50. The summed E-state index contributed by atoms with van der Waals surface area (Å²) in [6.07, 6.45) is 0.843. The lowest BCUT2D eigenvalue weighted by atomic mass is 10.0. The lowest BCUT2D eigenvalue weighted by Crippen LogP contribution is -2.45. The monoisotopic (exact) mass is 422 g/mol. The van der Waals surface area contributed by atoms with Crippen LogP contribution >= 0.6 is 11.3 Å². The fourth-order valence-corrected chi connectivity index (χ4v) is 5.24. The quantitative estimate of drug-likeness (QED) is 0.664. The van der Waals surface area contributed by atoms with Crippen molar-refractivity contribution in [1.29, 1.82) is 0 Å². The molecular weight excluding hydrogens is 404 g/mol. The molecule has 28 heavy (non-hydrogen) atoms. The van der Waals surface area contributed by atoms with Crippen molar-refractivity contribution in [3.05, 3.63) is 53.4 Å². The number of fused-ring (bicyclic) bond motifs is 2. The van der Waals surface area contributed by atoms with Crippen molar-refractivity contribution in [3.8, 4) is 0 Å². The minimum absolute atomic E-state index is 0.0237. The summed E-state index contributed by atoms with van der Waals surface area (Å²) in [5.41, 5.74) is 0.851. The van der Waals surface area contributed by atoms with Crippen LogP contribution in [0, 0.1) is 0 Å². The highest BCUT2D eigenvalue weighted by Crippen LogP contribution is 2.32. The molecule has 0 radical (unpaired) electrons. The molecule has 2 aliphatic heterocycles. The third kappa shape index (κ3) is 3.62. The van der Waals surface area contributed by atoms with E-state index in [4.69, 9.17) is 9.02 Å². The topological polar surface area (TPSA) is 93.2 Å². The average Bonchev–Trinajstić information content (AvgIpc) is 3.32. The van der Waals surface area contributed by atoms with Crippen LogP contribution in [0.4, 0.5) is 4.79 Å². The van der Waals surface area contributed by atoms with Gasteiger partial charge >= 0.3 is 22.1 Å². The predicted octanol–water partition coefficient (Wildman–Crippen LogP) is 2.38. The summed E-state index contributed by atoms with van der Waals surface area (Å²) in [7, 11) is -4.08. The Hall–Kier alpha value is -2.43. The van der Waals surface area contributed by atoms with E-state index in [1.54, 1.807) is 11.4 Å². The Morgan fingerprint density at radius 1 is 1.14 bits per heavy atom. The highest BCUT2D eigenvalue weighted by atomic mass is 32.3. The predicted molar refractivity (Wildman–Crippen MR) is 99.6 cm³/mol. The van der Waals surface area contributed by atoms with Gasteiger partial charge in [0.15, 0.2) is 0 Å². The molecule has 2 unspecified atom stereocenters. The van der Waals surface area contributed by atoms with E-state index in [2.05, 4.69) is 0 Å². The van der Waals surface area contributed by atoms with Crippen molar-refractivity contribution in [2.45, 2.75) is 35.7 Å². The molecule has 0 spiro atoms. The molecule has 0 N–H and O–H groups in total. The SMILES string of the molecule is O=C(OCc1ccccc1)C1CCC2CN1C(=O)N2OS(=O)(=O)c1cccs1. The zero-order valence-electron chi connectivity index (χ0n) is 14.8. The standard InChI is InChI=1S/C18H18N2O6S2/c21-17(25-12-13-5-2-1-3-6-13)15-9-8-14-11-19(15)18(22)20(14)26-28(23,24)16-7-4-10-27-16/h1-7,10,14-15H,8-9,11-12H2. The maximum Gasteiger partial charge on any atom is 0.346 e. The molecule has 148 valence electrons. The van der Waals surface area contributed by atoms with Crippen LogP contribution in [0.15, 0.2) is 52.1 Å². The van der Waals surface area contributed by atoms with Crippen LogP contribution in [0.3, 0.4) is 0 Å². The van der Waals surface area contributed by atoms with Crippen molar-refractivity contribution >= 4 is 33.5 Å². The third-order valence-corrected chi connectivity index (χ3v) is 7.29. The Balaban J connectivity index is 1.42. The van der Waals surface area contributed by atoms with Crippen molar-refractivity contribution in [2.75, 3.05) is 6.54 Å². The van der Waals surface area contributed by atoms with Gasteiger partial charge in [0.25, 0.3) is 0 Å². The molecule has 2 saturated heterocycles. The number of hydroxylamine groups is 2. The van der Waals surface area contributed by atoms with Crippen molar-refractivity contribution in [2.24, 2.45) is 0 Å². The Kier molecular flexibility index (Phi) is 5.09. The third-order valence-electron chi connectivity index (χ3n) is 4.74. The minimum atomic E-state index is -4.08. The van der Waals surface area contributed by atoms with Gasteiger partial charge in [-0.2, -0.15) is 13.5 Å². The molecule has 2 fully saturated rings. The number of amides is 2. The minimum Gasteiger partial charge on any atom is -0.459 e. The first kappa shape index (κ1) is 18.9. The van der Waals surface area contributed by atoms with Gasteiger partial charge in [0.05, 0.1) is 6.04 Å². The maximum atomic E-state index is 12.7. The van der Waals surface area contributed by atoms with E-state index in [1.165, 1.54) is 11.0 Å². The van der Waals surface area contributed by atoms with Gasteiger partial charge in [0, 0.05) is 6.54 Å². The van der Waals surface area contributed by atoms with Crippen LogP contribution in [-0.4, -0.2) is 49.0 Å². The Labute approximate surface area is 166 Å². The molecule has 0 aliphatic carbocycles. The number of piperidine rings is 1. The van der Waals surface area contributed by atoms with Gasteiger partial charge in [0.2, 0.25) is 0 Å². The molecule has 1 aromatic heterocycles. The Bertz CT molecular complexity index is 961. The van der Waals surface area contributed by atoms with Crippen molar-refractivity contribution in [3.63, 3.8) is 0 Å². The first-order valence-electron chi connectivity index (χ1n) is 8.74. The van der Waals surface area contributed by atoms with Crippen molar-refractivity contribution < 1.29 is 27.0 Å². The molecule has 2 bridgehead atoms. The fourth-order valence-electron chi connectivity index (χ4n) is 3.35. The van der Waals surface area contributed by atoms with E-state index in [1.807, 2.05) is 30.3 Å². The van der Waals surface area contributed by atoms with Crippen molar-refractivity contribution in [1.82, 2.24) is 9.96 Å². The molecule has 1 aromatic carbocycles. The number of carbonyl (C=O) groups excluding carboxylic acids is 2. The summed E-state index contributed by atoms with van der Waals surface area (Å²) >= 11 is 1.01. The molecule has 0 saturated carbocycles. The number of esters is 1.